The maximum atomic E-state index is 12.4. The Morgan fingerprint density at radius 2 is 1.12 bits per heavy atom. The highest BCUT2D eigenvalue weighted by molar-refractivity contribution is 6.04. The van der Waals surface area contributed by atoms with Crippen LogP contribution in [0.4, 0.5) is 0 Å². The zero-order valence-corrected chi connectivity index (χ0v) is 18.6. The molecule has 0 heterocycles. The Balaban J connectivity index is 0.000000365. The lowest BCUT2D eigenvalue weighted by Crippen LogP contribution is -2.19. The van der Waals surface area contributed by atoms with Gasteiger partial charge in [0.2, 0.25) is 0 Å². The first-order valence-electron chi connectivity index (χ1n) is 10.4. The van der Waals surface area contributed by atoms with Crippen molar-refractivity contribution < 1.29 is 34.0 Å². The van der Waals surface area contributed by atoms with Gasteiger partial charge in [-0.2, -0.15) is 0 Å². The van der Waals surface area contributed by atoms with Crippen LogP contribution in [0.25, 0.3) is 0 Å². The lowest BCUT2D eigenvalue weighted by molar-refractivity contribution is -0.0177. The summed E-state index contributed by atoms with van der Waals surface area (Å²) in [5.41, 5.74) is 0.310. The monoisotopic (exact) mass is 452 g/mol. The predicted octanol–water partition coefficient (Wildman–Crippen LogP) is 3.89. The topological polar surface area (TPSA) is 102 Å². The number of para-hydroxylation sites is 2. The van der Waals surface area contributed by atoms with Crippen LogP contribution >= 0.6 is 0 Å². The molecule has 7 nitrogen and oxygen atoms in total. The van der Waals surface area contributed by atoms with Crippen molar-refractivity contribution in [2.45, 2.75) is 26.1 Å². The van der Waals surface area contributed by atoms with Gasteiger partial charge < -0.3 is 24.4 Å². The van der Waals surface area contributed by atoms with Gasteiger partial charge in [-0.05, 0) is 50.2 Å². The number of benzene rings is 3. The van der Waals surface area contributed by atoms with Gasteiger partial charge in [0.25, 0.3) is 0 Å². The van der Waals surface area contributed by atoms with Crippen LogP contribution in [0, 0.1) is 0 Å². The SMILES string of the molecule is CC(O)COC(C)CO.O=C(Oc1ccccc1)c1ccccc1C(=O)Oc1ccccc1. The molecule has 0 aliphatic carbocycles. The zero-order chi connectivity index (χ0) is 24.1. The summed E-state index contributed by atoms with van der Waals surface area (Å²) in [4.78, 5) is 24.7. The van der Waals surface area contributed by atoms with E-state index in [1.807, 2.05) is 12.1 Å². The second-order valence-corrected chi connectivity index (χ2v) is 7.13. The molecule has 0 aliphatic heterocycles. The minimum atomic E-state index is -0.609. The van der Waals surface area contributed by atoms with E-state index in [9.17, 15) is 9.59 Å². The average molecular weight is 453 g/mol. The lowest BCUT2D eigenvalue weighted by atomic mass is 10.1. The molecule has 0 aromatic heterocycles. The van der Waals surface area contributed by atoms with Gasteiger partial charge in [-0.3, -0.25) is 0 Å². The molecule has 174 valence electrons. The highest BCUT2D eigenvalue weighted by Crippen LogP contribution is 2.17. The highest BCUT2D eigenvalue weighted by atomic mass is 16.5. The number of rotatable bonds is 8. The second kappa shape index (κ2) is 13.8. The summed E-state index contributed by atoms with van der Waals surface area (Å²) in [5.74, 6) is -0.397. The van der Waals surface area contributed by atoms with E-state index in [1.54, 1.807) is 74.5 Å². The molecule has 0 saturated heterocycles. The van der Waals surface area contributed by atoms with Crippen LogP contribution in [0.5, 0.6) is 11.5 Å². The van der Waals surface area contributed by atoms with Crippen LogP contribution in [-0.4, -0.2) is 47.6 Å². The molecule has 3 aromatic carbocycles. The molecule has 3 rings (SSSR count). The number of carbonyl (C=O) groups excluding carboxylic acids is 2. The smallest absolute Gasteiger partial charge is 0.344 e. The minimum absolute atomic E-state index is 0.00667. The van der Waals surface area contributed by atoms with E-state index in [0.717, 1.165) is 0 Å². The van der Waals surface area contributed by atoms with E-state index in [4.69, 9.17) is 24.4 Å². The van der Waals surface area contributed by atoms with Crippen LogP contribution in [-0.2, 0) is 4.74 Å². The normalized spacial score (nSPS) is 12.0. The summed E-state index contributed by atoms with van der Waals surface area (Å²) in [5, 5.41) is 17.1. The van der Waals surface area contributed by atoms with E-state index in [-0.39, 0.29) is 23.8 Å². The number of hydrogen-bond acceptors (Lipinski definition) is 7. The molecule has 3 aromatic rings. The maximum Gasteiger partial charge on any atom is 0.344 e. The fourth-order valence-corrected chi connectivity index (χ4v) is 2.50. The Morgan fingerprint density at radius 1 is 0.727 bits per heavy atom. The van der Waals surface area contributed by atoms with Crippen LogP contribution < -0.4 is 9.47 Å². The van der Waals surface area contributed by atoms with Crippen molar-refractivity contribution in [3.63, 3.8) is 0 Å². The Bertz CT molecular complexity index is 915. The molecule has 2 atom stereocenters. The fraction of sp³-hybridized carbons (Fsp3) is 0.231. The summed E-state index contributed by atoms with van der Waals surface area (Å²) in [7, 11) is 0. The molecule has 2 N–H and O–H groups in total. The van der Waals surface area contributed by atoms with Crippen LogP contribution in [0.3, 0.4) is 0 Å². The molecule has 0 fully saturated rings. The van der Waals surface area contributed by atoms with E-state index < -0.39 is 18.0 Å². The van der Waals surface area contributed by atoms with Gasteiger partial charge >= 0.3 is 11.9 Å². The van der Waals surface area contributed by atoms with Crippen LogP contribution in [0.1, 0.15) is 34.6 Å². The molecule has 0 aliphatic rings. The maximum absolute atomic E-state index is 12.4. The van der Waals surface area contributed by atoms with Gasteiger partial charge in [0.1, 0.15) is 11.5 Å². The first kappa shape index (κ1) is 25.7. The van der Waals surface area contributed by atoms with Crippen molar-refractivity contribution in [3.8, 4) is 11.5 Å². The zero-order valence-electron chi connectivity index (χ0n) is 18.6. The van der Waals surface area contributed by atoms with E-state index >= 15 is 0 Å². The Labute approximate surface area is 193 Å². The molecule has 33 heavy (non-hydrogen) atoms. The first-order chi connectivity index (χ1) is 15.9. The molecule has 0 radical (unpaired) electrons. The molecular formula is C26H28O7. The predicted molar refractivity (Wildman–Crippen MR) is 123 cm³/mol. The number of aliphatic hydroxyl groups excluding tert-OH is 2. The third-order valence-corrected chi connectivity index (χ3v) is 4.15. The standard InChI is InChI=1S/C20H14O4.C6H14O3/c21-19(23-15-9-3-1-4-10-15)17-13-7-8-14-18(17)20(22)24-16-11-5-2-6-12-16;1-5(8)4-9-6(2)3-7/h1-14H;5-8H,3-4H2,1-2H3. The molecule has 7 heteroatoms. The summed E-state index contributed by atoms with van der Waals surface area (Å²) >= 11 is 0. The van der Waals surface area contributed by atoms with Crippen molar-refractivity contribution in [2.75, 3.05) is 13.2 Å². The van der Waals surface area contributed by atoms with E-state index in [2.05, 4.69) is 0 Å². The third-order valence-electron chi connectivity index (χ3n) is 4.15. The summed E-state index contributed by atoms with van der Waals surface area (Å²) in [6.07, 6.45) is -0.612. The van der Waals surface area contributed by atoms with Gasteiger partial charge in [0, 0.05) is 0 Å². The van der Waals surface area contributed by atoms with Crippen molar-refractivity contribution in [3.05, 3.63) is 96.1 Å². The second-order valence-electron chi connectivity index (χ2n) is 7.13. The minimum Gasteiger partial charge on any atom is -0.423 e. The molecular weight excluding hydrogens is 424 g/mol. The van der Waals surface area contributed by atoms with E-state index in [0.29, 0.717) is 18.1 Å². The van der Waals surface area contributed by atoms with Gasteiger partial charge in [-0.15, -0.1) is 0 Å². The van der Waals surface area contributed by atoms with E-state index in [1.165, 1.54) is 12.1 Å². The Kier molecular flexibility index (Phi) is 10.8. The fourth-order valence-electron chi connectivity index (χ4n) is 2.50. The number of carbonyl (C=O) groups is 2. The summed E-state index contributed by atoms with van der Waals surface area (Å²) in [6, 6.07) is 23.8. The van der Waals surface area contributed by atoms with Gasteiger partial charge in [0.05, 0.1) is 36.5 Å². The average Bonchev–Trinajstić information content (AvgIpc) is 2.84. The molecule has 0 spiro atoms. The number of ether oxygens (including phenoxy) is 3. The van der Waals surface area contributed by atoms with Crippen molar-refractivity contribution in [1.29, 1.82) is 0 Å². The molecule has 2 unspecified atom stereocenters. The quantitative estimate of drug-likeness (QED) is 0.395. The molecule has 0 amide bonds. The Morgan fingerprint density at radius 3 is 1.48 bits per heavy atom. The van der Waals surface area contributed by atoms with Gasteiger partial charge in [0.15, 0.2) is 0 Å². The molecule has 0 saturated carbocycles. The molecule has 0 bridgehead atoms. The number of esters is 2. The first-order valence-corrected chi connectivity index (χ1v) is 10.4. The van der Waals surface area contributed by atoms with Crippen molar-refractivity contribution in [1.82, 2.24) is 0 Å². The van der Waals surface area contributed by atoms with Gasteiger partial charge in [-0.25, -0.2) is 9.59 Å². The lowest BCUT2D eigenvalue weighted by Gasteiger charge is -2.10. The summed E-state index contributed by atoms with van der Waals surface area (Å²) in [6.45, 7) is 3.70. The van der Waals surface area contributed by atoms with Gasteiger partial charge in [-0.1, -0.05) is 48.5 Å². The number of aliphatic hydroxyl groups is 2. The highest BCUT2D eigenvalue weighted by Gasteiger charge is 2.20. The van der Waals surface area contributed by atoms with Crippen molar-refractivity contribution >= 4 is 11.9 Å². The van der Waals surface area contributed by atoms with Crippen molar-refractivity contribution in [2.24, 2.45) is 0 Å². The number of hydrogen-bond donors (Lipinski definition) is 2. The summed E-state index contributed by atoms with van der Waals surface area (Å²) < 4.78 is 15.5. The Hall–Kier alpha value is -3.52. The largest absolute Gasteiger partial charge is 0.423 e. The third kappa shape index (κ3) is 9.24. The van der Waals surface area contributed by atoms with Crippen LogP contribution in [0.2, 0.25) is 0 Å². The van der Waals surface area contributed by atoms with Crippen LogP contribution in [0.15, 0.2) is 84.9 Å².